The van der Waals surface area contributed by atoms with Crippen LogP contribution in [0, 0.1) is 17.8 Å². The van der Waals surface area contributed by atoms with E-state index in [0.717, 1.165) is 16.9 Å². The lowest BCUT2D eigenvalue weighted by Crippen LogP contribution is -2.46. The van der Waals surface area contributed by atoms with Crippen molar-refractivity contribution in [2.75, 3.05) is 34.2 Å². The molecule has 6 atom stereocenters. The molecule has 0 N–H and O–H groups in total. The minimum absolute atomic E-state index is 0.0171. The van der Waals surface area contributed by atoms with Crippen LogP contribution in [0.2, 0.25) is 0 Å². The molecule has 1 aliphatic rings. The zero-order chi connectivity index (χ0) is 23.6. The van der Waals surface area contributed by atoms with Gasteiger partial charge in [-0.15, -0.1) is 0 Å². The van der Waals surface area contributed by atoms with Gasteiger partial charge in [0.2, 0.25) is 0 Å². The first-order chi connectivity index (χ1) is 16.0. The summed E-state index contributed by atoms with van der Waals surface area (Å²) in [7, 11) is 3.29. The third kappa shape index (κ3) is 7.26. The fourth-order valence-electron chi connectivity index (χ4n) is 4.43. The summed E-state index contributed by atoms with van der Waals surface area (Å²) in [4.78, 5) is 0. The van der Waals surface area contributed by atoms with Crippen LogP contribution in [0.5, 0.6) is 5.75 Å². The maximum Gasteiger partial charge on any atom is 0.184 e. The molecular formula is C27H38O6. The molecule has 2 aromatic rings. The topological polar surface area (TPSA) is 55.4 Å². The van der Waals surface area contributed by atoms with Gasteiger partial charge in [0.25, 0.3) is 0 Å². The van der Waals surface area contributed by atoms with Gasteiger partial charge in [-0.2, -0.15) is 0 Å². The van der Waals surface area contributed by atoms with E-state index < -0.39 is 6.29 Å². The molecule has 0 bridgehead atoms. The molecule has 33 heavy (non-hydrogen) atoms. The van der Waals surface area contributed by atoms with Crippen LogP contribution >= 0.6 is 0 Å². The zero-order valence-corrected chi connectivity index (χ0v) is 20.4. The first-order valence-electron chi connectivity index (χ1n) is 11.7. The molecule has 0 aromatic heterocycles. The third-order valence-corrected chi connectivity index (χ3v) is 6.20. The molecule has 182 valence electrons. The zero-order valence-electron chi connectivity index (χ0n) is 20.4. The van der Waals surface area contributed by atoms with Crippen LogP contribution in [-0.4, -0.2) is 46.4 Å². The number of benzene rings is 2. The SMILES string of the molecule is COCOC[C@H](C)[C@H](OCc1ccccc1)[C@H](C)[C@H]1OC(c2ccc(OC)cc2)OC[C@@H]1C. The van der Waals surface area contributed by atoms with Crippen LogP contribution in [0.4, 0.5) is 0 Å². The Hall–Kier alpha value is -1.96. The van der Waals surface area contributed by atoms with Gasteiger partial charge in [0.1, 0.15) is 12.5 Å². The Morgan fingerprint density at radius 1 is 1.00 bits per heavy atom. The average molecular weight is 459 g/mol. The molecule has 6 heteroatoms. The number of methoxy groups -OCH3 is 2. The molecule has 0 aliphatic carbocycles. The summed E-state index contributed by atoms with van der Waals surface area (Å²) in [5.41, 5.74) is 2.13. The standard InChI is InChI=1S/C27H38O6/c1-19(15-30-18-28-4)25(31-17-22-9-7-6-8-10-22)21(3)26-20(2)16-32-27(33-26)23-11-13-24(29-5)14-12-23/h6-14,19-21,25-27H,15-18H2,1-5H3/t19-,20-,21-,25-,26-,27?/m0/s1. The van der Waals surface area contributed by atoms with Crippen molar-refractivity contribution in [3.05, 3.63) is 65.7 Å². The van der Waals surface area contributed by atoms with Gasteiger partial charge >= 0.3 is 0 Å². The van der Waals surface area contributed by atoms with Gasteiger partial charge in [0, 0.05) is 30.4 Å². The van der Waals surface area contributed by atoms with Gasteiger partial charge in [0.05, 0.1) is 39.1 Å². The molecule has 6 nitrogen and oxygen atoms in total. The summed E-state index contributed by atoms with van der Waals surface area (Å²) in [5, 5.41) is 0. The smallest absolute Gasteiger partial charge is 0.184 e. The lowest BCUT2D eigenvalue weighted by Gasteiger charge is -2.42. The summed E-state index contributed by atoms with van der Waals surface area (Å²) >= 11 is 0. The van der Waals surface area contributed by atoms with E-state index in [9.17, 15) is 0 Å². The third-order valence-electron chi connectivity index (χ3n) is 6.20. The van der Waals surface area contributed by atoms with Gasteiger partial charge in [-0.25, -0.2) is 0 Å². The molecule has 0 amide bonds. The van der Waals surface area contributed by atoms with Gasteiger partial charge < -0.3 is 28.4 Å². The number of hydrogen-bond donors (Lipinski definition) is 0. The summed E-state index contributed by atoms with van der Waals surface area (Å²) < 4.78 is 35.1. The van der Waals surface area contributed by atoms with E-state index in [4.69, 9.17) is 28.4 Å². The van der Waals surface area contributed by atoms with Crippen LogP contribution < -0.4 is 4.74 Å². The van der Waals surface area contributed by atoms with E-state index in [2.05, 4.69) is 32.9 Å². The molecule has 0 saturated carbocycles. The van der Waals surface area contributed by atoms with Crippen LogP contribution in [0.1, 0.15) is 38.2 Å². The van der Waals surface area contributed by atoms with E-state index in [1.54, 1.807) is 14.2 Å². The quantitative estimate of drug-likeness (QED) is 0.321. The highest BCUT2D eigenvalue weighted by atomic mass is 16.7. The molecule has 0 radical (unpaired) electrons. The number of rotatable bonds is 12. The van der Waals surface area contributed by atoms with Crippen molar-refractivity contribution in [2.45, 2.75) is 45.9 Å². The fraction of sp³-hybridized carbons (Fsp3) is 0.556. The minimum atomic E-state index is -0.408. The molecule has 1 aliphatic heterocycles. The Morgan fingerprint density at radius 3 is 2.39 bits per heavy atom. The molecule has 1 fully saturated rings. The number of hydrogen-bond acceptors (Lipinski definition) is 6. The van der Waals surface area contributed by atoms with E-state index in [1.807, 2.05) is 42.5 Å². The van der Waals surface area contributed by atoms with Crippen molar-refractivity contribution in [2.24, 2.45) is 17.8 Å². The minimum Gasteiger partial charge on any atom is -0.497 e. The Morgan fingerprint density at radius 2 is 1.73 bits per heavy atom. The first-order valence-corrected chi connectivity index (χ1v) is 11.7. The largest absolute Gasteiger partial charge is 0.497 e. The monoisotopic (exact) mass is 458 g/mol. The maximum absolute atomic E-state index is 6.52. The highest BCUT2D eigenvalue weighted by Gasteiger charge is 2.39. The second-order valence-electron chi connectivity index (χ2n) is 8.89. The van der Waals surface area contributed by atoms with Crippen LogP contribution in [0.15, 0.2) is 54.6 Å². The molecule has 3 rings (SSSR count). The first kappa shape index (κ1) is 25.7. The van der Waals surface area contributed by atoms with Gasteiger partial charge in [-0.3, -0.25) is 0 Å². The second-order valence-corrected chi connectivity index (χ2v) is 8.89. The van der Waals surface area contributed by atoms with Crippen molar-refractivity contribution in [3.8, 4) is 5.75 Å². The van der Waals surface area contributed by atoms with Crippen molar-refractivity contribution >= 4 is 0 Å². The van der Waals surface area contributed by atoms with Crippen molar-refractivity contribution in [1.29, 1.82) is 0 Å². The van der Waals surface area contributed by atoms with E-state index in [1.165, 1.54) is 0 Å². The predicted molar refractivity (Wildman–Crippen MR) is 127 cm³/mol. The van der Waals surface area contributed by atoms with E-state index >= 15 is 0 Å². The van der Waals surface area contributed by atoms with Gasteiger partial charge in [-0.1, -0.05) is 63.2 Å². The lowest BCUT2D eigenvalue weighted by molar-refractivity contribution is -0.260. The highest BCUT2D eigenvalue weighted by molar-refractivity contribution is 5.28. The molecule has 1 heterocycles. The lowest BCUT2D eigenvalue weighted by atomic mass is 9.83. The van der Waals surface area contributed by atoms with Crippen molar-refractivity contribution in [1.82, 2.24) is 0 Å². The second kappa shape index (κ2) is 13.1. The van der Waals surface area contributed by atoms with Gasteiger partial charge in [0.15, 0.2) is 6.29 Å². The molecule has 2 aromatic carbocycles. The predicted octanol–water partition coefficient (Wildman–Crippen LogP) is 5.22. The molecular weight excluding hydrogens is 420 g/mol. The average Bonchev–Trinajstić information content (AvgIpc) is 2.85. The van der Waals surface area contributed by atoms with Crippen molar-refractivity contribution < 1.29 is 28.4 Å². The highest BCUT2D eigenvalue weighted by Crippen LogP contribution is 2.36. The Balaban J connectivity index is 1.72. The van der Waals surface area contributed by atoms with Crippen LogP contribution in [0.25, 0.3) is 0 Å². The Kier molecular flexibility index (Phi) is 10.2. The maximum atomic E-state index is 6.52. The summed E-state index contributed by atoms with van der Waals surface area (Å²) in [6.07, 6.45) is -0.477. The van der Waals surface area contributed by atoms with Crippen LogP contribution in [-0.2, 0) is 30.3 Å². The van der Waals surface area contributed by atoms with Gasteiger partial charge in [-0.05, 0) is 17.7 Å². The van der Waals surface area contributed by atoms with E-state index in [-0.39, 0.29) is 36.8 Å². The van der Waals surface area contributed by atoms with Crippen molar-refractivity contribution in [3.63, 3.8) is 0 Å². The molecule has 1 unspecified atom stereocenters. The normalized spacial score (nSPS) is 23.6. The fourth-order valence-corrected chi connectivity index (χ4v) is 4.43. The van der Waals surface area contributed by atoms with E-state index in [0.29, 0.717) is 19.8 Å². The summed E-state index contributed by atoms with van der Waals surface area (Å²) in [6.45, 7) is 8.54. The molecule has 0 spiro atoms. The summed E-state index contributed by atoms with van der Waals surface area (Å²) in [5.74, 6) is 1.35. The Bertz CT molecular complexity index is 796. The summed E-state index contributed by atoms with van der Waals surface area (Å²) in [6, 6.07) is 18.1. The van der Waals surface area contributed by atoms with Crippen LogP contribution in [0.3, 0.4) is 0 Å². The number of ether oxygens (including phenoxy) is 6. The molecule has 1 saturated heterocycles. The Labute approximate surface area is 198 Å².